The maximum absolute atomic E-state index is 3.39. The van der Waals surface area contributed by atoms with Gasteiger partial charge >= 0.3 is 0 Å². The van der Waals surface area contributed by atoms with Gasteiger partial charge < -0.3 is 5.32 Å². The highest BCUT2D eigenvalue weighted by Gasteiger charge is 2.19. The predicted octanol–water partition coefficient (Wildman–Crippen LogP) is 4.51. The number of para-hydroxylation sites is 1. The van der Waals surface area contributed by atoms with Gasteiger partial charge in [-0.1, -0.05) is 75.5 Å². The number of rotatable bonds is 2. The molecule has 0 spiro atoms. The summed E-state index contributed by atoms with van der Waals surface area (Å²) >= 11 is 4.92. The number of alkyl halides is 2. The van der Waals surface area contributed by atoms with Gasteiger partial charge in [-0.2, -0.15) is 0 Å². The molecule has 3 heteroatoms. The number of allylic oxidation sites excluding steroid dienone is 3. The van der Waals surface area contributed by atoms with Crippen molar-refractivity contribution >= 4 is 50.9 Å². The third kappa shape index (κ3) is 3.48. The van der Waals surface area contributed by atoms with Crippen molar-refractivity contribution in [1.82, 2.24) is 0 Å². The normalized spacial score (nSPS) is 18.4. The lowest BCUT2D eigenvalue weighted by Crippen LogP contribution is -2.11. The quantitative estimate of drug-likeness (QED) is 0.546. The molecule has 1 nitrogen and oxygen atoms in total. The molecule has 0 fully saturated rings. The van der Waals surface area contributed by atoms with Gasteiger partial charge in [-0.05, 0) is 24.6 Å². The molecule has 1 aliphatic rings. The van der Waals surface area contributed by atoms with Crippen LogP contribution in [-0.4, -0.2) is 1.43 Å². The van der Waals surface area contributed by atoms with Crippen LogP contribution in [0.15, 0.2) is 54.3 Å². The van der Waals surface area contributed by atoms with Crippen molar-refractivity contribution in [3.63, 3.8) is 0 Å². The van der Waals surface area contributed by atoms with Gasteiger partial charge in [0.25, 0.3) is 0 Å². The van der Waals surface area contributed by atoms with Crippen molar-refractivity contribution in [1.29, 1.82) is 0 Å². The Morgan fingerprint density at radius 3 is 2.47 bits per heavy atom. The molecule has 0 amide bonds. The molecule has 2 rings (SSSR count). The van der Waals surface area contributed by atoms with Crippen molar-refractivity contribution in [2.75, 3.05) is 5.32 Å². The molecule has 0 heterocycles. The summed E-state index contributed by atoms with van der Waals surface area (Å²) in [6.07, 6.45) is 7.69. The van der Waals surface area contributed by atoms with Crippen LogP contribution in [0.1, 0.15) is 6.42 Å². The van der Waals surface area contributed by atoms with Crippen molar-refractivity contribution in [3.05, 3.63) is 54.3 Å². The molecule has 1 aromatic rings. The van der Waals surface area contributed by atoms with E-state index in [1.54, 1.807) is 0 Å². The van der Waals surface area contributed by atoms with E-state index in [4.69, 9.17) is 0 Å². The van der Waals surface area contributed by atoms with Crippen LogP contribution in [0.3, 0.4) is 0 Å². The Balaban J connectivity index is 2.04. The highest BCUT2D eigenvalue weighted by molar-refractivity contribution is 14.2. The highest BCUT2D eigenvalue weighted by Crippen LogP contribution is 2.36. The molecule has 0 atom stereocenters. The summed E-state index contributed by atoms with van der Waals surface area (Å²) in [5.41, 5.74) is 2.33. The summed E-state index contributed by atoms with van der Waals surface area (Å²) in [5, 5.41) is 3.39. The van der Waals surface area contributed by atoms with E-state index in [-0.39, 0.29) is 1.43 Å². The van der Waals surface area contributed by atoms with E-state index >= 15 is 0 Å². The third-order valence-corrected chi connectivity index (χ3v) is 3.76. The first kappa shape index (κ1) is 11.4. The van der Waals surface area contributed by atoms with Crippen molar-refractivity contribution in [3.8, 4) is 0 Å². The van der Waals surface area contributed by atoms with E-state index in [9.17, 15) is 0 Å². The minimum Gasteiger partial charge on any atom is -0.356 e. The fourth-order valence-corrected chi connectivity index (χ4v) is 2.17. The zero-order valence-corrected chi connectivity index (χ0v) is 12.4. The van der Waals surface area contributed by atoms with Crippen LogP contribution in [0.5, 0.6) is 0 Å². The minimum absolute atomic E-state index is 0.247. The summed E-state index contributed by atoms with van der Waals surface area (Å²) in [6.45, 7) is 0. The van der Waals surface area contributed by atoms with Crippen LogP contribution < -0.4 is 5.32 Å². The van der Waals surface area contributed by atoms with Gasteiger partial charge in [-0.3, -0.25) is 0 Å². The Hall–Kier alpha value is -0.0400. The first-order valence-electron chi connectivity index (χ1n) is 4.75. The van der Waals surface area contributed by atoms with Crippen LogP contribution >= 0.6 is 45.2 Å². The third-order valence-electron chi connectivity index (χ3n) is 2.16. The largest absolute Gasteiger partial charge is 0.356 e. The van der Waals surface area contributed by atoms with Crippen LogP contribution in [0.25, 0.3) is 0 Å². The molecule has 0 unspecified atom stereocenters. The number of hydrogen-bond donors (Lipinski definition) is 1. The molecule has 0 bridgehead atoms. The molecular formula is C12H11I2N. The summed E-state index contributed by atoms with van der Waals surface area (Å²) in [7, 11) is 0. The Kier molecular flexibility index (Phi) is 3.71. The zero-order valence-electron chi connectivity index (χ0n) is 8.08. The van der Waals surface area contributed by atoms with Crippen molar-refractivity contribution < 1.29 is 0 Å². The molecule has 0 saturated heterocycles. The predicted molar refractivity (Wildman–Crippen MR) is 82.7 cm³/mol. The summed E-state index contributed by atoms with van der Waals surface area (Å²) in [6, 6.07) is 10.2. The second-order valence-corrected chi connectivity index (χ2v) is 9.36. The molecule has 1 N–H and O–H groups in total. The molecule has 78 valence electrons. The number of hydrogen-bond acceptors (Lipinski definition) is 1. The Bertz CT molecular complexity index is 393. The highest BCUT2D eigenvalue weighted by atomic mass is 127. The van der Waals surface area contributed by atoms with E-state index in [2.05, 4.69) is 80.9 Å². The maximum atomic E-state index is 3.39. The fraction of sp³-hybridized carbons (Fsp3) is 0.167. The molecule has 0 radical (unpaired) electrons. The first-order valence-corrected chi connectivity index (χ1v) is 6.91. The van der Waals surface area contributed by atoms with E-state index < -0.39 is 0 Å². The number of anilines is 1. The molecule has 0 saturated carbocycles. The fourth-order valence-electron chi connectivity index (χ4n) is 1.37. The second-order valence-electron chi connectivity index (χ2n) is 3.45. The Morgan fingerprint density at radius 2 is 1.87 bits per heavy atom. The number of halogens is 2. The lowest BCUT2D eigenvalue weighted by atomic mass is 10.1. The van der Waals surface area contributed by atoms with Gasteiger partial charge in [-0.25, -0.2) is 0 Å². The van der Waals surface area contributed by atoms with Crippen LogP contribution in [0.4, 0.5) is 5.69 Å². The lowest BCUT2D eigenvalue weighted by Gasteiger charge is -2.19. The molecule has 1 aliphatic carbocycles. The molecule has 0 aliphatic heterocycles. The van der Waals surface area contributed by atoms with Crippen molar-refractivity contribution in [2.24, 2.45) is 0 Å². The molecule has 1 aromatic carbocycles. The average Bonchev–Trinajstić information content (AvgIpc) is 2.23. The molecule has 0 aromatic heterocycles. The van der Waals surface area contributed by atoms with E-state index in [0.717, 1.165) is 12.1 Å². The Labute approximate surface area is 117 Å². The van der Waals surface area contributed by atoms with E-state index in [1.165, 1.54) is 5.70 Å². The first-order chi connectivity index (χ1) is 7.16. The number of nitrogens with one attached hydrogen (secondary N) is 1. The maximum Gasteiger partial charge on any atom is 0.0952 e. The minimum atomic E-state index is 0.247. The van der Waals surface area contributed by atoms with Gasteiger partial charge in [0.1, 0.15) is 0 Å². The number of benzene rings is 1. The van der Waals surface area contributed by atoms with Gasteiger partial charge in [0.2, 0.25) is 0 Å². The average molecular weight is 423 g/mol. The summed E-state index contributed by atoms with van der Waals surface area (Å²) in [4.78, 5) is 0. The van der Waals surface area contributed by atoms with Gasteiger partial charge in [0.15, 0.2) is 0 Å². The summed E-state index contributed by atoms with van der Waals surface area (Å²) in [5.74, 6) is 0. The van der Waals surface area contributed by atoms with Crippen molar-refractivity contribution in [2.45, 2.75) is 7.85 Å². The van der Waals surface area contributed by atoms with Crippen LogP contribution in [-0.2, 0) is 0 Å². The summed E-state index contributed by atoms with van der Waals surface area (Å²) < 4.78 is 0.247. The Morgan fingerprint density at radius 1 is 1.13 bits per heavy atom. The van der Waals surface area contributed by atoms with Gasteiger partial charge in [0, 0.05) is 11.4 Å². The molecular weight excluding hydrogens is 412 g/mol. The van der Waals surface area contributed by atoms with E-state index in [1.807, 2.05) is 18.2 Å². The lowest BCUT2D eigenvalue weighted by molar-refractivity contribution is 1.04. The second kappa shape index (κ2) is 4.86. The smallest absolute Gasteiger partial charge is 0.0952 e. The van der Waals surface area contributed by atoms with Gasteiger partial charge in [0.05, 0.1) is 1.43 Å². The van der Waals surface area contributed by atoms with E-state index in [0.29, 0.717) is 0 Å². The topological polar surface area (TPSA) is 12.0 Å². The van der Waals surface area contributed by atoms with Crippen LogP contribution in [0.2, 0.25) is 0 Å². The van der Waals surface area contributed by atoms with Gasteiger partial charge in [-0.15, -0.1) is 0 Å². The molecule has 15 heavy (non-hydrogen) atoms. The zero-order chi connectivity index (χ0) is 10.7. The van der Waals surface area contributed by atoms with Crippen LogP contribution in [0, 0.1) is 0 Å². The monoisotopic (exact) mass is 423 g/mol. The SMILES string of the molecule is IC1(I)C=CC(Nc2ccccc2)=CC1. The standard InChI is InChI=1S/C12H11I2N/c13-12(14)8-6-11(7-9-12)15-10-4-2-1-3-5-10/h1-8,15H,9H2.